The Morgan fingerprint density at radius 3 is 2.32 bits per heavy atom. The van der Waals surface area contributed by atoms with E-state index in [1.54, 1.807) is 6.07 Å². The third kappa shape index (κ3) is 4.61. The largest absolute Gasteiger partial charge is 0.573 e. The van der Waals surface area contributed by atoms with Crippen molar-refractivity contribution in [1.82, 2.24) is 10.2 Å². The Bertz CT molecular complexity index is 491. The van der Waals surface area contributed by atoms with Gasteiger partial charge in [0.05, 0.1) is 0 Å². The highest BCUT2D eigenvalue weighted by Crippen LogP contribution is 2.39. The number of rotatable bonds is 3. The molecule has 3 nitrogen and oxygen atoms in total. The smallest absolute Gasteiger partial charge is 0.406 e. The molecule has 0 aliphatic carbocycles. The van der Waals surface area contributed by atoms with Gasteiger partial charge in [-0.15, -0.1) is 13.2 Å². The lowest BCUT2D eigenvalue weighted by molar-refractivity contribution is -0.274. The molecule has 1 heterocycles. The first kappa shape index (κ1) is 17.1. The van der Waals surface area contributed by atoms with Crippen molar-refractivity contribution in [3.8, 4) is 5.75 Å². The van der Waals surface area contributed by atoms with E-state index in [0.717, 1.165) is 31.7 Å². The topological polar surface area (TPSA) is 24.5 Å². The molecule has 22 heavy (non-hydrogen) atoms. The van der Waals surface area contributed by atoms with Crippen LogP contribution in [0.1, 0.15) is 32.4 Å². The maximum absolute atomic E-state index is 12.4. The zero-order valence-corrected chi connectivity index (χ0v) is 13.2. The average molecular weight is 316 g/mol. The number of nitrogens with zero attached hydrogens (tertiary/aromatic N) is 1. The highest BCUT2D eigenvalue weighted by Gasteiger charge is 2.34. The summed E-state index contributed by atoms with van der Waals surface area (Å²) in [7, 11) is 0. The predicted octanol–water partition coefficient (Wildman–Crippen LogP) is 3.58. The molecule has 124 valence electrons. The molecule has 0 radical (unpaired) electrons. The zero-order chi connectivity index (χ0) is 16.4. The van der Waals surface area contributed by atoms with E-state index in [4.69, 9.17) is 0 Å². The molecule has 1 aromatic carbocycles. The molecule has 0 unspecified atom stereocenters. The fourth-order valence-electron chi connectivity index (χ4n) is 3.08. The van der Waals surface area contributed by atoms with Crippen LogP contribution < -0.4 is 10.1 Å². The van der Waals surface area contributed by atoms with E-state index in [0.29, 0.717) is 0 Å². The molecule has 1 atom stereocenters. The maximum atomic E-state index is 12.4. The van der Waals surface area contributed by atoms with Crippen LogP contribution in [-0.2, 0) is 0 Å². The SMILES string of the molecule is CC(C)(C)[C@@H](c1cccc(OC(F)(F)F)c1)N1CCNCC1. The monoisotopic (exact) mass is 316 g/mol. The molecule has 1 aromatic rings. The summed E-state index contributed by atoms with van der Waals surface area (Å²) in [5.74, 6) is -0.158. The number of hydrogen-bond donors (Lipinski definition) is 1. The summed E-state index contributed by atoms with van der Waals surface area (Å²) in [6.07, 6.45) is -4.66. The Morgan fingerprint density at radius 2 is 1.77 bits per heavy atom. The van der Waals surface area contributed by atoms with Crippen LogP contribution in [0.25, 0.3) is 0 Å². The molecule has 0 aromatic heterocycles. The first-order chi connectivity index (χ1) is 10.2. The minimum atomic E-state index is -4.66. The van der Waals surface area contributed by atoms with Gasteiger partial charge in [-0.05, 0) is 23.1 Å². The number of nitrogens with one attached hydrogen (secondary N) is 1. The Kier molecular flexibility index (Phi) is 5.02. The number of benzene rings is 1. The summed E-state index contributed by atoms with van der Waals surface area (Å²) in [5, 5.41) is 3.30. The van der Waals surface area contributed by atoms with Gasteiger partial charge >= 0.3 is 6.36 Å². The Balaban J connectivity index is 2.29. The van der Waals surface area contributed by atoms with Gasteiger partial charge in [0.25, 0.3) is 0 Å². The molecule has 2 rings (SSSR count). The van der Waals surface area contributed by atoms with Gasteiger partial charge in [0.15, 0.2) is 0 Å². The first-order valence-electron chi connectivity index (χ1n) is 7.47. The van der Waals surface area contributed by atoms with Gasteiger partial charge in [0.1, 0.15) is 5.75 Å². The minimum Gasteiger partial charge on any atom is -0.406 e. The molecule has 0 saturated carbocycles. The van der Waals surface area contributed by atoms with E-state index >= 15 is 0 Å². The minimum absolute atomic E-state index is 0.0476. The Hall–Kier alpha value is -1.27. The molecule has 6 heteroatoms. The molecule has 0 spiro atoms. The summed E-state index contributed by atoms with van der Waals surface area (Å²) >= 11 is 0. The Morgan fingerprint density at radius 1 is 1.14 bits per heavy atom. The average Bonchev–Trinajstić information content (AvgIpc) is 2.37. The van der Waals surface area contributed by atoms with E-state index in [-0.39, 0.29) is 17.2 Å². The van der Waals surface area contributed by atoms with Gasteiger partial charge in [-0.3, -0.25) is 4.90 Å². The quantitative estimate of drug-likeness (QED) is 0.922. The Labute approximate surface area is 129 Å². The van der Waals surface area contributed by atoms with Crippen molar-refractivity contribution < 1.29 is 17.9 Å². The third-order valence-electron chi connectivity index (χ3n) is 3.74. The normalized spacial score (nSPS) is 19.0. The van der Waals surface area contributed by atoms with Gasteiger partial charge in [0.2, 0.25) is 0 Å². The molecule has 1 saturated heterocycles. The zero-order valence-electron chi connectivity index (χ0n) is 13.2. The molecule has 1 N–H and O–H groups in total. The second kappa shape index (κ2) is 6.46. The van der Waals surface area contributed by atoms with Crippen LogP contribution in [-0.4, -0.2) is 37.4 Å². The van der Waals surface area contributed by atoms with Gasteiger partial charge < -0.3 is 10.1 Å². The summed E-state index contributed by atoms with van der Waals surface area (Å²) < 4.78 is 41.3. The molecule has 0 bridgehead atoms. The van der Waals surface area contributed by atoms with E-state index in [1.165, 1.54) is 12.1 Å². The second-order valence-electron chi connectivity index (χ2n) is 6.67. The molecular formula is C16H23F3N2O. The van der Waals surface area contributed by atoms with Crippen molar-refractivity contribution in [3.63, 3.8) is 0 Å². The van der Waals surface area contributed by atoms with Crippen molar-refractivity contribution >= 4 is 0 Å². The van der Waals surface area contributed by atoms with Crippen LogP contribution in [0.5, 0.6) is 5.75 Å². The van der Waals surface area contributed by atoms with Crippen LogP contribution in [0.4, 0.5) is 13.2 Å². The van der Waals surface area contributed by atoms with Crippen molar-refractivity contribution in [2.75, 3.05) is 26.2 Å². The number of ether oxygens (including phenoxy) is 1. The maximum Gasteiger partial charge on any atom is 0.573 e. The van der Waals surface area contributed by atoms with Crippen molar-refractivity contribution in [2.24, 2.45) is 5.41 Å². The van der Waals surface area contributed by atoms with E-state index in [2.05, 4.69) is 35.7 Å². The molecular weight excluding hydrogens is 293 g/mol. The number of piperazine rings is 1. The highest BCUT2D eigenvalue weighted by molar-refractivity contribution is 5.32. The standard InChI is InChI=1S/C16H23F3N2O/c1-15(2,3)14(21-9-7-20-8-10-21)12-5-4-6-13(11-12)22-16(17,18)19/h4-6,11,14,20H,7-10H2,1-3H3/t14-/m1/s1. The lowest BCUT2D eigenvalue weighted by atomic mass is 9.81. The van der Waals surface area contributed by atoms with Crippen LogP contribution in [0.15, 0.2) is 24.3 Å². The number of alkyl halides is 3. The molecule has 0 amide bonds. The summed E-state index contributed by atoms with van der Waals surface area (Å²) in [5.41, 5.74) is 0.768. The lowest BCUT2D eigenvalue weighted by Crippen LogP contribution is -2.48. The molecule has 1 fully saturated rings. The van der Waals surface area contributed by atoms with E-state index < -0.39 is 6.36 Å². The summed E-state index contributed by atoms with van der Waals surface area (Å²) in [6.45, 7) is 9.88. The summed E-state index contributed by atoms with van der Waals surface area (Å²) in [4.78, 5) is 2.32. The van der Waals surface area contributed by atoms with Gasteiger partial charge in [0, 0.05) is 32.2 Å². The highest BCUT2D eigenvalue weighted by atomic mass is 19.4. The van der Waals surface area contributed by atoms with Gasteiger partial charge in [-0.2, -0.15) is 0 Å². The van der Waals surface area contributed by atoms with E-state index in [9.17, 15) is 13.2 Å². The first-order valence-corrected chi connectivity index (χ1v) is 7.47. The van der Waals surface area contributed by atoms with Crippen molar-refractivity contribution in [3.05, 3.63) is 29.8 Å². The van der Waals surface area contributed by atoms with Crippen molar-refractivity contribution in [1.29, 1.82) is 0 Å². The van der Waals surface area contributed by atoms with Crippen molar-refractivity contribution in [2.45, 2.75) is 33.2 Å². The van der Waals surface area contributed by atoms with Crippen LogP contribution in [0.2, 0.25) is 0 Å². The summed E-state index contributed by atoms with van der Waals surface area (Å²) in [6, 6.07) is 6.39. The van der Waals surface area contributed by atoms with Crippen LogP contribution in [0.3, 0.4) is 0 Å². The second-order valence-corrected chi connectivity index (χ2v) is 6.67. The van der Waals surface area contributed by atoms with Crippen LogP contribution in [0, 0.1) is 5.41 Å². The fraction of sp³-hybridized carbons (Fsp3) is 0.625. The van der Waals surface area contributed by atoms with Crippen LogP contribution >= 0.6 is 0 Å². The third-order valence-corrected chi connectivity index (χ3v) is 3.74. The van der Waals surface area contributed by atoms with Gasteiger partial charge in [-0.25, -0.2) is 0 Å². The fourth-order valence-corrected chi connectivity index (χ4v) is 3.08. The predicted molar refractivity (Wildman–Crippen MR) is 79.8 cm³/mol. The number of halogens is 3. The molecule has 1 aliphatic heterocycles. The van der Waals surface area contributed by atoms with Gasteiger partial charge in [-0.1, -0.05) is 32.9 Å². The van der Waals surface area contributed by atoms with E-state index in [1.807, 2.05) is 6.07 Å². The lowest BCUT2D eigenvalue weighted by Gasteiger charge is -2.42. The number of hydrogen-bond acceptors (Lipinski definition) is 3. The molecule has 1 aliphatic rings.